The number of hydrogen-bond donors (Lipinski definition) is 1. The third-order valence-electron chi connectivity index (χ3n) is 2.54. The van der Waals surface area contributed by atoms with Crippen molar-refractivity contribution in [2.24, 2.45) is 11.1 Å². The first-order chi connectivity index (χ1) is 8.79. The van der Waals surface area contributed by atoms with Crippen LogP contribution >= 0.6 is 0 Å². The maximum atomic E-state index is 12.3. The number of esters is 2. The first-order valence-corrected chi connectivity index (χ1v) is 6.94. The van der Waals surface area contributed by atoms with Gasteiger partial charge in [-0.1, -0.05) is 0 Å². The first kappa shape index (κ1) is 18.9. The molecule has 20 heavy (non-hydrogen) atoms. The van der Waals surface area contributed by atoms with Crippen LogP contribution in [-0.2, 0) is 19.1 Å². The summed E-state index contributed by atoms with van der Waals surface area (Å²) in [6.07, 6.45) is 0.345. The van der Waals surface area contributed by atoms with E-state index in [1.807, 2.05) is 0 Å². The van der Waals surface area contributed by atoms with E-state index in [-0.39, 0.29) is 6.42 Å². The Balaban J connectivity index is 4.92. The van der Waals surface area contributed by atoms with Crippen molar-refractivity contribution in [1.29, 1.82) is 0 Å². The van der Waals surface area contributed by atoms with E-state index in [4.69, 9.17) is 15.2 Å². The predicted octanol–water partition coefficient (Wildman–Crippen LogP) is 2.42. The summed E-state index contributed by atoms with van der Waals surface area (Å²) in [4.78, 5) is 24.2. The van der Waals surface area contributed by atoms with Gasteiger partial charge in [0.2, 0.25) is 0 Å². The summed E-state index contributed by atoms with van der Waals surface area (Å²) in [6.45, 7) is 12.7. The van der Waals surface area contributed by atoms with Gasteiger partial charge >= 0.3 is 11.9 Å². The van der Waals surface area contributed by atoms with Crippen molar-refractivity contribution < 1.29 is 19.1 Å². The average molecular weight is 287 g/mol. The minimum absolute atomic E-state index is 0.0314. The molecule has 0 spiro atoms. The van der Waals surface area contributed by atoms with Gasteiger partial charge in [0.15, 0.2) is 0 Å². The quantitative estimate of drug-likeness (QED) is 0.786. The second-order valence-corrected chi connectivity index (χ2v) is 7.36. The highest BCUT2D eigenvalue weighted by molar-refractivity contribution is 5.83. The lowest BCUT2D eigenvalue weighted by Gasteiger charge is -2.31. The predicted molar refractivity (Wildman–Crippen MR) is 78.1 cm³/mol. The third kappa shape index (κ3) is 7.48. The molecule has 0 aliphatic carbocycles. The van der Waals surface area contributed by atoms with Gasteiger partial charge in [-0.25, -0.2) is 0 Å². The van der Waals surface area contributed by atoms with Gasteiger partial charge in [0.05, 0.1) is 11.8 Å². The topological polar surface area (TPSA) is 78.6 Å². The van der Waals surface area contributed by atoms with Crippen LogP contribution in [0.2, 0.25) is 0 Å². The molecule has 0 aromatic carbocycles. The van der Waals surface area contributed by atoms with Crippen molar-refractivity contribution >= 4 is 11.9 Å². The van der Waals surface area contributed by atoms with Crippen LogP contribution in [0.3, 0.4) is 0 Å². The molecule has 0 fully saturated rings. The smallest absolute Gasteiger partial charge is 0.312 e. The summed E-state index contributed by atoms with van der Waals surface area (Å²) < 4.78 is 10.7. The van der Waals surface area contributed by atoms with E-state index >= 15 is 0 Å². The molecule has 1 atom stereocenters. The second-order valence-electron chi connectivity index (χ2n) is 7.36. The van der Waals surface area contributed by atoms with Crippen LogP contribution in [0.4, 0.5) is 0 Å². The number of carbonyl (C=O) groups is 2. The summed E-state index contributed by atoms with van der Waals surface area (Å²) >= 11 is 0. The van der Waals surface area contributed by atoms with E-state index in [1.165, 1.54) is 0 Å². The highest BCUT2D eigenvalue weighted by Crippen LogP contribution is 2.30. The average Bonchev–Trinajstić information content (AvgIpc) is 2.10. The van der Waals surface area contributed by atoms with E-state index in [9.17, 15) is 9.59 Å². The van der Waals surface area contributed by atoms with E-state index in [2.05, 4.69) is 0 Å². The van der Waals surface area contributed by atoms with Crippen LogP contribution in [0, 0.1) is 5.41 Å². The molecule has 0 saturated heterocycles. The molecule has 5 heteroatoms. The number of hydrogen-bond acceptors (Lipinski definition) is 5. The van der Waals surface area contributed by atoms with Crippen LogP contribution in [0.5, 0.6) is 0 Å². The fraction of sp³-hybridized carbons (Fsp3) is 0.867. The number of rotatable bonds is 5. The van der Waals surface area contributed by atoms with Crippen molar-refractivity contribution in [3.8, 4) is 0 Å². The second kappa shape index (κ2) is 6.57. The lowest BCUT2D eigenvalue weighted by atomic mass is 9.83. The van der Waals surface area contributed by atoms with E-state index in [0.29, 0.717) is 13.0 Å². The molecule has 2 N–H and O–H groups in total. The van der Waals surface area contributed by atoms with Gasteiger partial charge in [-0.3, -0.25) is 9.59 Å². The molecule has 0 aliphatic rings. The molecular formula is C15H29NO4. The van der Waals surface area contributed by atoms with Crippen LogP contribution in [0.15, 0.2) is 0 Å². The first-order valence-electron chi connectivity index (χ1n) is 6.94. The summed E-state index contributed by atoms with van der Waals surface area (Å²) in [5.41, 5.74) is 3.43. The monoisotopic (exact) mass is 287 g/mol. The molecule has 0 heterocycles. The molecule has 0 aromatic heterocycles. The van der Waals surface area contributed by atoms with Crippen molar-refractivity contribution in [2.75, 3.05) is 6.54 Å². The van der Waals surface area contributed by atoms with E-state index in [1.54, 1.807) is 48.5 Å². The molecule has 0 aromatic rings. The lowest BCUT2D eigenvalue weighted by molar-refractivity contribution is -0.174. The Morgan fingerprint density at radius 2 is 1.35 bits per heavy atom. The highest BCUT2D eigenvalue weighted by Gasteiger charge is 2.39. The number of ether oxygens (including phenoxy) is 2. The summed E-state index contributed by atoms with van der Waals surface area (Å²) in [7, 11) is 0. The van der Waals surface area contributed by atoms with Crippen molar-refractivity contribution in [2.45, 2.75) is 72.5 Å². The molecule has 0 rings (SSSR count). The van der Waals surface area contributed by atoms with Gasteiger partial charge in [0.1, 0.15) is 11.2 Å². The van der Waals surface area contributed by atoms with Gasteiger partial charge in [-0.05, 0) is 61.4 Å². The molecule has 0 bridgehead atoms. The Morgan fingerprint density at radius 3 is 1.70 bits per heavy atom. The van der Waals surface area contributed by atoms with Gasteiger partial charge in [0.25, 0.3) is 0 Å². The zero-order valence-electron chi connectivity index (χ0n) is 13.8. The molecule has 0 saturated carbocycles. The van der Waals surface area contributed by atoms with Gasteiger partial charge in [-0.15, -0.1) is 0 Å². The van der Waals surface area contributed by atoms with Crippen LogP contribution in [0.1, 0.15) is 61.3 Å². The van der Waals surface area contributed by atoms with E-state index < -0.39 is 28.6 Å². The maximum Gasteiger partial charge on any atom is 0.312 e. The van der Waals surface area contributed by atoms with Crippen LogP contribution < -0.4 is 5.73 Å². The number of nitrogens with two attached hydrogens (primary N) is 1. The normalized spacial score (nSPS) is 15.4. The van der Waals surface area contributed by atoms with Gasteiger partial charge in [0, 0.05) is 0 Å². The molecule has 0 amide bonds. The summed E-state index contributed by atoms with van der Waals surface area (Å²) in [5.74, 6) is -0.833. The Labute approximate surface area is 122 Å². The highest BCUT2D eigenvalue weighted by atomic mass is 16.6. The van der Waals surface area contributed by atoms with Gasteiger partial charge in [-0.2, -0.15) is 0 Å². The minimum Gasteiger partial charge on any atom is -0.460 e. The fourth-order valence-electron chi connectivity index (χ4n) is 1.68. The third-order valence-corrected chi connectivity index (χ3v) is 2.54. The Hall–Kier alpha value is -1.10. The zero-order chi connectivity index (χ0) is 16.2. The van der Waals surface area contributed by atoms with Gasteiger partial charge < -0.3 is 15.2 Å². The van der Waals surface area contributed by atoms with Crippen LogP contribution in [0.25, 0.3) is 0 Å². The molecule has 0 radical (unpaired) electrons. The van der Waals surface area contributed by atoms with Crippen molar-refractivity contribution in [3.63, 3.8) is 0 Å². The molecule has 5 nitrogen and oxygen atoms in total. The zero-order valence-corrected chi connectivity index (χ0v) is 13.8. The number of carbonyl (C=O) groups excluding carboxylic acids is 2. The minimum atomic E-state index is -0.954. The SMILES string of the molecule is CC(C)(C)OC(=O)CC(C)(CCN)C(=O)OC(C)(C)C. The van der Waals surface area contributed by atoms with Crippen LogP contribution in [-0.4, -0.2) is 29.7 Å². The Bertz CT molecular complexity index is 352. The van der Waals surface area contributed by atoms with Crippen molar-refractivity contribution in [3.05, 3.63) is 0 Å². The molecule has 0 aliphatic heterocycles. The summed E-state index contributed by atoms with van der Waals surface area (Å²) in [5, 5.41) is 0. The molecule has 118 valence electrons. The largest absolute Gasteiger partial charge is 0.460 e. The van der Waals surface area contributed by atoms with E-state index in [0.717, 1.165) is 0 Å². The lowest BCUT2D eigenvalue weighted by Crippen LogP contribution is -2.40. The Morgan fingerprint density at radius 1 is 0.900 bits per heavy atom. The maximum absolute atomic E-state index is 12.3. The molecule has 1 unspecified atom stereocenters. The Kier molecular flexibility index (Phi) is 6.21. The standard InChI is InChI=1S/C15H29NO4/c1-13(2,3)19-11(17)10-15(7,8-9-16)12(18)20-14(4,5)6/h8-10,16H2,1-7H3. The summed E-state index contributed by atoms with van der Waals surface area (Å²) in [6, 6.07) is 0. The van der Waals surface area contributed by atoms with Crippen molar-refractivity contribution in [1.82, 2.24) is 0 Å². The fourth-order valence-corrected chi connectivity index (χ4v) is 1.68. The molecular weight excluding hydrogens is 258 g/mol.